The molecule has 0 aromatic heterocycles. The first-order valence-electron chi connectivity index (χ1n) is 9.15. The lowest BCUT2D eigenvalue weighted by Crippen LogP contribution is -2.41. The van der Waals surface area contributed by atoms with Crippen LogP contribution in [-0.2, 0) is 6.42 Å². The Hall–Kier alpha value is -2.19. The SMILES string of the molecule is NCC(Cc1cccc(OCC(F)(F)C(F)(F)F)c1)c1cccc2ccc(Br)cc12. The average Bonchev–Trinajstić information content (AvgIpc) is 2.70. The van der Waals surface area contributed by atoms with Crippen molar-refractivity contribution in [1.82, 2.24) is 0 Å². The molecule has 2 N–H and O–H groups in total. The summed E-state index contributed by atoms with van der Waals surface area (Å²) in [5, 5.41) is 2.10. The highest BCUT2D eigenvalue weighted by Crippen LogP contribution is 2.36. The number of halogens is 6. The maximum Gasteiger partial charge on any atom is 0.456 e. The van der Waals surface area contributed by atoms with Crippen LogP contribution in [0, 0.1) is 0 Å². The summed E-state index contributed by atoms with van der Waals surface area (Å²) in [4.78, 5) is 0. The van der Waals surface area contributed by atoms with Gasteiger partial charge in [-0.25, -0.2) is 0 Å². The van der Waals surface area contributed by atoms with Crippen LogP contribution in [0.5, 0.6) is 5.75 Å². The van der Waals surface area contributed by atoms with Crippen molar-refractivity contribution in [2.24, 2.45) is 5.73 Å². The van der Waals surface area contributed by atoms with E-state index >= 15 is 0 Å². The van der Waals surface area contributed by atoms with Gasteiger partial charge in [0.05, 0.1) is 0 Å². The van der Waals surface area contributed by atoms with Crippen LogP contribution in [0.25, 0.3) is 10.8 Å². The standard InChI is InChI=1S/C22H19BrF5NO/c23-17-8-7-15-4-2-6-19(20(15)11-17)16(12-29)9-14-3-1-5-18(10-14)30-13-21(24,25)22(26,27)28/h1-8,10-11,16H,9,12-13,29H2. The molecule has 3 rings (SSSR count). The minimum Gasteiger partial charge on any atom is -0.487 e. The molecule has 0 saturated heterocycles. The largest absolute Gasteiger partial charge is 0.487 e. The number of alkyl halides is 5. The number of benzene rings is 3. The van der Waals surface area contributed by atoms with Crippen LogP contribution in [-0.4, -0.2) is 25.3 Å². The van der Waals surface area contributed by atoms with Gasteiger partial charge in [0.1, 0.15) is 5.75 Å². The number of hydrogen-bond donors (Lipinski definition) is 1. The normalized spacial score (nSPS) is 13.4. The molecule has 160 valence electrons. The second-order valence-electron chi connectivity index (χ2n) is 6.99. The number of hydrogen-bond acceptors (Lipinski definition) is 2. The molecular weight excluding hydrogens is 469 g/mol. The van der Waals surface area contributed by atoms with Crippen LogP contribution in [0.3, 0.4) is 0 Å². The molecule has 3 aromatic rings. The van der Waals surface area contributed by atoms with Crippen molar-refractivity contribution in [2.45, 2.75) is 24.4 Å². The van der Waals surface area contributed by atoms with Crippen LogP contribution in [0.15, 0.2) is 65.1 Å². The topological polar surface area (TPSA) is 35.2 Å². The molecule has 0 aliphatic heterocycles. The second kappa shape index (κ2) is 8.89. The van der Waals surface area contributed by atoms with Gasteiger partial charge in [0.2, 0.25) is 0 Å². The molecule has 3 aromatic carbocycles. The van der Waals surface area contributed by atoms with Crippen LogP contribution >= 0.6 is 15.9 Å². The molecule has 0 heterocycles. The van der Waals surface area contributed by atoms with Gasteiger partial charge in [-0.3, -0.25) is 0 Å². The van der Waals surface area contributed by atoms with E-state index < -0.39 is 18.7 Å². The first kappa shape index (κ1) is 22.5. The highest BCUT2D eigenvalue weighted by Gasteiger charge is 2.58. The molecule has 8 heteroatoms. The van der Waals surface area contributed by atoms with E-state index in [-0.39, 0.29) is 11.7 Å². The van der Waals surface area contributed by atoms with E-state index in [1.807, 2.05) is 36.4 Å². The van der Waals surface area contributed by atoms with Crippen molar-refractivity contribution in [3.63, 3.8) is 0 Å². The fourth-order valence-corrected chi connectivity index (χ4v) is 3.61. The Bertz CT molecular complexity index is 1020. The molecule has 2 nitrogen and oxygen atoms in total. The minimum absolute atomic E-state index is 0.0483. The molecule has 0 radical (unpaired) electrons. The van der Waals surface area contributed by atoms with Gasteiger partial charge in [-0.1, -0.05) is 52.3 Å². The molecule has 0 saturated carbocycles. The fraction of sp³-hybridized carbons (Fsp3) is 0.273. The maximum absolute atomic E-state index is 13.1. The smallest absolute Gasteiger partial charge is 0.456 e. The Kier molecular flexibility index (Phi) is 6.67. The zero-order chi connectivity index (χ0) is 21.9. The summed E-state index contributed by atoms with van der Waals surface area (Å²) in [6, 6.07) is 18.0. The van der Waals surface area contributed by atoms with Gasteiger partial charge in [-0.05, 0) is 59.1 Å². The van der Waals surface area contributed by atoms with Crippen molar-refractivity contribution >= 4 is 26.7 Å². The van der Waals surface area contributed by atoms with Gasteiger partial charge in [0.15, 0.2) is 6.61 Å². The predicted molar refractivity (Wildman–Crippen MR) is 110 cm³/mol. The number of fused-ring (bicyclic) bond motifs is 1. The monoisotopic (exact) mass is 487 g/mol. The van der Waals surface area contributed by atoms with Gasteiger partial charge >= 0.3 is 12.1 Å². The molecule has 0 aliphatic rings. The van der Waals surface area contributed by atoms with Crippen molar-refractivity contribution in [3.05, 3.63) is 76.3 Å². The van der Waals surface area contributed by atoms with E-state index in [2.05, 4.69) is 15.9 Å². The summed E-state index contributed by atoms with van der Waals surface area (Å²) >= 11 is 3.47. The lowest BCUT2D eigenvalue weighted by Gasteiger charge is -2.21. The van der Waals surface area contributed by atoms with Crippen LogP contribution in [0.4, 0.5) is 22.0 Å². The number of nitrogens with two attached hydrogens (primary N) is 1. The molecule has 0 aliphatic carbocycles. The average molecular weight is 488 g/mol. The zero-order valence-corrected chi connectivity index (χ0v) is 17.3. The Morgan fingerprint density at radius 2 is 1.67 bits per heavy atom. The third-order valence-electron chi connectivity index (χ3n) is 4.82. The maximum atomic E-state index is 13.1. The van der Waals surface area contributed by atoms with E-state index in [4.69, 9.17) is 10.5 Å². The molecule has 1 unspecified atom stereocenters. The second-order valence-corrected chi connectivity index (χ2v) is 7.90. The van der Waals surface area contributed by atoms with Gasteiger partial charge in [-0.15, -0.1) is 0 Å². The lowest BCUT2D eigenvalue weighted by atomic mass is 9.88. The van der Waals surface area contributed by atoms with Gasteiger partial charge in [0, 0.05) is 10.4 Å². The fourth-order valence-electron chi connectivity index (χ4n) is 3.25. The first-order chi connectivity index (χ1) is 14.1. The predicted octanol–water partition coefficient (Wildman–Crippen LogP) is 6.46. The Morgan fingerprint density at radius 1 is 0.933 bits per heavy atom. The van der Waals surface area contributed by atoms with Crippen molar-refractivity contribution in [1.29, 1.82) is 0 Å². The molecule has 0 fully saturated rings. The van der Waals surface area contributed by atoms with E-state index in [1.54, 1.807) is 12.1 Å². The minimum atomic E-state index is -5.65. The van der Waals surface area contributed by atoms with E-state index in [1.165, 1.54) is 12.1 Å². The number of rotatable bonds is 7. The van der Waals surface area contributed by atoms with Crippen LogP contribution in [0.2, 0.25) is 0 Å². The molecular formula is C22H19BrF5NO. The molecule has 0 bridgehead atoms. The summed E-state index contributed by atoms with van der Waals surface area (Å²) in [5.41, 5.74) is 7.78. The quantitative estimate of drug-likeness (QED) is 0.388. The van der Waals surface area contributed by atoms with Crippen molar-refractivity contribution in [3.8, 4) is 5.75 Å². The third-order valence-corrected chi connectivity index (χ3v) is 5.31. The summed E-state index contributed by atoms with van der Waals surface area (Å²) in [7, 11) is 0. The third kappa shape index (κ3) is 5.10. The van der Waals surface area contributed by atoms with Crippen LogP contribution < -0.4 is 10.5 Å². The molecule has 1 atom stereocenters. The lowest BCUT2D eigenvalue weighted by molar-refractivity contribution is -0.290. The Balaban J connectivity index is 1.81. The van der Waals surface area contributed by atoms with Crippen molar-refractivity contribution < 1.29 is 26.7 Å². The van der Waals surface area contributed by atoms with Crippen molar-refractivity contribution in [2.75, 3.05) is 13.2 Å². The summed E-state index contributed by atoms with van der Waals surface area (Å²) < 4.78 is 68.9. The molecule has 30 heavy (non-hydrogen) atoms. The Labute approximate surface area is 179 Å². The first-order valence-corrected chi connectivity index (χ1v) is 9.94. The molecule has 0 amide bonds. The molecule has 0 spiro atoms. The van der Waals surface area contributed by atoms with E-state index in [0.29, 0.717) is 13.0 Å². The van der Waals surface area contributed by atoms with Gasteiger partial charge in [0.25, 0.3) is 0 Å². The zero-order valence-electron chi connectivity index (χ0n) is 15.7. The summed E-state index contributed by atoms with van der Waals surface area (Å²) in [6.45, 7) is -1.43. The summed E-state index contributed by atoms with van der Waals surface area (Å²) in [5.74, 6) is -5.04. The van der Waals surface area contributed by atoms with Gasteiger partial charge in [-0.2, -0.15) is 22.0 Å². The summed E-state index contributed by atoms with van der Waals surface area (Å²) in [6.07, 6.45) is -5.17. The van der Waals surface area contributed by atoms with E-state index in [0.717, 1.165) is 26.4 Å². The highest BCUT2D eigenvalue weighted by atomic mass is 79.9. The highest BCUT2D eigenvalue weighted by molar-refractivity contribution is 9.10. The van der Waals surface area contributed by atoms with Gasteiger partial charge < -0.3 is 10.5 Å². The van der Waals surface area contributed by atoms with E-state index in [9.17, 15) is 22.0 Å². The van der Waals surface area contributed by atoms with Crippen LogP contribution in [0.1, 0.15) is 17.0 Å². The number of ether oxygens (including phenoxy) is 1. The Morgan fingerprint density at radius 3 is 2.37 bits per heavy atom.